The average molecular weight is 146 g/mol. The molecule has 42 valence electrons. The van der Waals surface area contributed by atoms with Crippen LogP contribution in [0.2, 0.25) is 0 Å². The van der Waals surface area contributed by atoms with Gasteiger partial charge in [0.25, 0.3) is 0 Å². The second kappa shape index (κ2) is 5.23. The van der Waals surface area contributed by atoms with E-state index >= 15 is 0 Å². The fourth-order valence-electron chi connectivity index (χ4n) is 0.0735. The summed E-state index contributed by atoms with van der Waals surface area (Å²) in [6.45, 7) is 0. The summed E-state index contributed by atoms with van der Waals surface area (Å²) in [5, 5.41) is 0. The number of carbonyl (C=O) groups is 1. The van der Waals surface area contributed by atoms with Crippen molar-refractivity contribution in [2.24, 2.45) is 10.1 Å². The zero-order chi connectivity index (χ0) is 5.86. The number of rotatable bonds is 0. The molecule has 0 aromatic heterocycles. The summed E-state index contributed by atoms with van der Waals surface area (Å²) in [5.41, 5.74) is 4.29. The molecule has 0 unspecified atom stereocenters. The molecular formula is CH3N2NaO3S. The molecule has 0 spiro atoms. The zero-order valence-electron chi connectivity index (χ0n) is 3.16. The molecule has 0 fully saturated rings. The molecule has 2 N–H and O–H groups in total. The van der Waals surface area contributed by atoms with Gasteiger partial charge in [0.15, 0.2) is 0 Å². The second-order valence-corrected chi connectivity index (χ2v) is 1.26. The topological polar surface area (TPSA) is 89.6 Å². The molecular weight excluding hydrogens is 143 g/mol. The monoisotopic (exact) mass is 146 g/mol. The molecule has 8 heavy (non-hydrogen) atoms. The summed E-state index contributed by atoms with van der Waals surface area (Å²) in [5.74, 6) is 0. The van der Waals surface area contributed by atoms with Gasteiger partial charge in [-0.15, -0.1) is 0 Å². The molecule has 0 bridgehead atoms. The predicted molar refractivity (Wildman–Crippen MR) is 28.1 cm³/mol. The number of amides is 2. The van der Waals surface area contributed by atoms with Crippen LogP contribution in [-0.2, 0) is 10.5 Å². The number of hydrogen-bond acceptors (Lipinski definition) is 3. The van der Waals surface area contributed by atoms with E-state index in [2.05, 4.69) is 10.1 Å². The van der Waals surface area contributed by atoms with Crippen molar-refractivity contribution in [3.8, 4) is 0 Å². The first-order valence-corrected chi connectivity index (χ1v) is 2.26. The van der Waals surface area contributed by atoms with Gasteiger partial charge in [-0.3, -0.25) is 0 Å². The molecule has 5 nitrogen and oxygen atoms in total. The van der Waals surface area contributed by atoms with E-state index in [4.69, 9.17) is 0 Å². The quantitative estimate of drug-likeness (QED) is 0.421. The summed E-state index contributed by atoms with van der Waals surface area (Å²) in [6.07, 6.45) is 0. The fraction of sp³-hybridized carbons (Fsp3) is 0. The van der Waals surface area contributed by atoms with Crippen LogP contribution in [0.1, 0.15) is 0 Å². The van der Waals surface area contributed by atoms with Crippen LogP contribution in [-0.4, -0.2) is 44.0 Å². The van der Waals surface area contributed by atoms with E-state index in [-0.39, 0.29) is 29.6 Å². The number of primary amides is 1. The Kier molecular flexibility index (Phi) is 7.17. The Hall–Kier alpha value is 0.0900. The van der Waals surface area contributed by atoms with Crippen molar-refractivity contribution < 1.29 is 13.2 Å². The number of nitrogens with zero attached hydrogens (tertiary/aromatic N) is 1. The van der Waals surface area contributed by atoms with Crippen LogP contribution >= 0.6 is 0 Å². The first kappa shape index (κ1) is 11.0. The molecule has 0 radical (unpaired) electrons. The van der Waals surface area contributed by atoms with E-state index in [1.165, 1.54) is 0 Å². The van der Waals surface area contributed by atoms with Crippen LogP contribution in [0.3, 0.4) is 0 Å². The van der Waals surface area contributed by atoms with Crippen LogP contribution in [0.4, 0.5) is 4.79 Å². The third-order valence-electron chi connectivity index (χ3n) is 0.165. The fourth-order valence-corrected chi connectivity index (χ4v) is 0.220. The molecule has 0 rings (SSSR count). The van der Waals surface area contributed by atoms with Gasteiger partial charge in [0, 0.05) is 0 Å². The van der Waals surface area contributed by atoms with Crippen LogP contribution < -0.4 is 5.73 Å². The summed E-state index contributed by atoms with van der Waals surface area (Å²) in [7, 11) is -2.70. The number of urea groups is 1. The Morgan fingerprint density at radius 3 is 1.88 bits per heavy atom. The Labute approximate surface area is 69.2 Å². The Bertz CT molecular complexity index is 185. The van der Waals surface area contributed by atoms with Crippen LogP contribution in [0.15, 0.2) is 4.36 Å². The van der Waals surface area contributed by atoms with Crippen LogP contribution in [0, 0.1) is 0 Å². The summed E-state index contributed by atoms with van der Waals surface area (Å²) >= 11 is 0. The first-order chi connectivity index (χ1) is 3.13. The molecule has 0 atom stereocenters. The standard InChI is InChI=1S/CH2N2O3S.Na.H/c2-1(4)3-7(5)6;;/h(H2,2,4);;. The van der Waals surface area contributed by atoms with Gasteiger partial charge < -0.3 is 5.73 Å². The first-order valence-electron chi connectivity index (χ1n) is 1.23. The van der Waals surface area contributed by atoms with Gasteiger partial charge in [-0.05, 0) is 0 Å². The molecule has 0 saturated heterocycles. The SMILES string of the molecule is NC(=O)N=S(=O)=O.[NaH]. The van der Waals surface area contributed by atoms with Crippen molar-refractivity contribution in [3.05, 3.63) is 0 Å². The number of nitrogens with two attached hydrogens (primary N) is 1. The predicted octanol–water partition coefficient (Wildman–Crippen LogP) is -1.52. The number of carbonyl (C=O) groups excluding carboxylic acids is 1. The molecule has 0 aromatic rings. The van der Waals surface area contributed by atoms with Crippen molar-refractivity contribution in [2.75, 3.05) is 0 Å². The Morgan fingerprint density at radius 1 is 1.50 bits per heavy atom. The van der Waals surface area contributed by atoms with E-state index in [0.717, 1.165) is 0 Å². The van der Waals surface area contributed by atoms with Crippen molar-refractivity contribution >= 4 is 46.1 Å². The van der Waals surface area contributed by atoms with Crippen molar-refractivity contribution in [2.45, 2.75) is 0 Å². The molecule has 0 aliphatic rings. The van der Waals surface area contributed by atoms with Crippen LogP contribution in [0.25, 0.3) is 0 Å². The third kappa shape index (κ3) is 9.43. The van der Waals surface area contributed by atoms with Gasteiger partial charge in [-0.1, -0.05) is 4.36 Å². The van der Waals surface area contributed by atoms with Gasteiger partial charge in [-0.25, -0.2) is 4.79 Å². The van der Waals surface area contributed by atoms with Gasteiger partial charge in [0.2, 0.25) is 0 Å². The van der Waals surface area contributed by atoms with E-state index in [1.54, 1.807) is 0 Å². The Morgan fingerprint density at radius 2 is 1.88 bits per heavy atom. The molecule has 0 saturated carbocycles. The molecule has 0 aliphatic heterocycles. The average Bonchev–Trinajstić information content (AvgIpc) is 1.27. The van der Waals surface area contributed by atoms with E-state index < -0.39 is 16.5 Å². The molecule has 0 aliphatic carbocycles. The zero-order valence-corrected chi connectivity index (χ0v) is 3.97. The van der Waals surface area contributed by atoms with Gasteiger partial charge >= 0.3 is 46.1 Å². The van der Waals surface area contributed by atoms with E-state index in [1.807, 2.05) is 0 Å². The molecule has 0 aromatic carbocycles. The third-order valence-corrected chi connectivity index (χ3v) is 0.494. The van der Waals surface area contributed by atoms with Crippen molar-refractivity contribution in [1.29, 1.82) is 0 Å². The second-order valence-electron chi connectivity index (χ2n) is 0.647. The van der Waals surface area contributed by atoms with Crippen molar-refractivity contribution in [3.63, 3.8) is 0 Å². The van der Waals surface area contributed by atoms with Gasteiger partial charge in [0.05, 0.1) is 0 Å². The maximum absolute atomic E-state index is 9.47. The summed E-state index contributed by atoms with van der Waals surface area (Å²) in [6, 6.07) is -1.20. The minimum atomic E-state index is -2.70. The number of hydrogen-bond donors (Lipinski definition) is 1. The molecule has 0 heterocycles. The van der Waals surface area contributed by atoms with E-state index in [9.17, 15) is 13.2 Å². The van der Waals surface area contributed by atoms with Gasteiger partial charge in [-0.2, -0.15) is 8.42 Å². The normalized spacial score (nSPS) is 6.50. The maximum atomic E-state index is 9.47. The van der Waals surface area contributed by atoms with E-state index in [0.29, 0.717) is 0 Å². The summed E-state index contributed by atoms with van der Waals surface area (Å²) < 4.78 is 21.0. The summed E-state index contributed by atoms with van der Waals surface area (Å²) in [4.78, 5) is 9.47. The van der Waals surface area contributed by atoms with Crippen LogP contribution in [0.5, 0.6) is 0 Å². The van der Waals surface area contributed by atoms with Gasteiger partial charge in [0.1, 0.15) is 0 Å². The Balaban J connectivity index is 0. The molecule has 2 amide bonds. The minimum absolute atomic E-state index is 0. The van der Waals surface area contributed by atoms with Crippen molar-refractivity contribution in [1.82, 2.24) is 0 Å². The molecule has 7 heteroatoms.